The predicted octanol–water partition coefficient (Wildman–Crippen LogP) is 6.76. The average Bonchev–Trinajstić information content (AvgIpc) is 2.37. The van der Waals surface area contributed by atoms with Gasteiger partial charge in [0.1, 0.15) is 0 Å². The quantitative estimate of drug-likeness (QED) is 0.300. The summed E-state index contributed by atoms with van der Waals surface area (Å²) >= 11 is 0. The lowest BCUT2D eigenvalue weighted by atomic mass is 10.0. The topological polar surface area (TPSA) is 0 Å². The Hall–Kier alpha value is -1.04. The first-order chi connectivity index (χ1) is 9.06. The van der Waals surface area contributed by atoms with Gasteiger partial charge in [-0.05, 0) is 72.6 Å². The van der Waals surface area contributed by atoms with Crippen molar-refractivity contribution in [3.63, 3.8) is 0 Å². The van der Waals surface area contributed by atoms with Crippen LogP contribution in [0.5, 0.6) is 0 Å². The third kappa shape index (κ3) is 13.2. The number of hydrogen-bond donors (Lipinski definition) is 0. The van der Waals surface area contributed by atoms with Crippen molar-refractivity contribution < 1.29 is 0 Å². The van der Waals surface area contributed by atoms with E-state index in [9.17, 15) is 0 Å². The summed E-state index contributed by atoms with van der Waals surface area (Å²) in [5, 5.41) is 0. The molecule has 0 amide bonds. The van der Waals surface area contributed by atoms with Crippen LogP contribution < -0.4 is 0 Å². The molecule has 0 aliphatic heterocycles. The van der Waals surface area contributed by atoms with Crippen molar-refractivity contribution in [1.29, 1.82) is 0 Å². The monoisotopic (exact) mass is 260 g/mol. The fourth-order valence-electron chi connectivity index (χ4n) is 1.99. The Balaban J connectivity index is 3.69. The van der Waals surface area contributed by atoms with Gasteiger partial charge in [0.2, 0.25) is 0 Å². The molecule has 0 aromatic carbocycles. The largest absolute Gasteiger partial charge is 0.103 e. The summed E-state index contributed by atoms with van der Waals surface area (Å²) in [6.07, 6.45) is 17.4. The minimum atomic E-state index is 1.01. The van der Waals surface area contributed by atoms with Crippen molar-refractivity contribution in [2.24, 2.45) is 0 Å². The molecule has 0 aliphatic rings. The molecular weight excluding hydrogens is 228 g/mol. The Morgan fingerprint density at radius 2 is 1.32 bits per heavy atom. The van der Waals surface area contributed by atoms with E-state index in [4.69, 9.17) is 0 Å². The lowest BCUT2D eigenvalue weighted by molar-refractivity contribution is 0.795. The van der Waals surface area contributed by atoms with E-state index in [0.29, 0.717) is 0 Å². The van der Waals surface area contributed by atoms with E-state index in [-0.39, 0.29) is 0 Å². The standard InChI is InChI=1S/C19H32/c1-6-7-13-18(4)15-10-11-16-19(5)14-9-8-12-17(2)3/h6,12-13,16H,1,7-11,14-15H2,2-5H3/b18-13+,19-16+. The molecule has 108 valence electrons. The second kappa shape index (κ2) is 12.0. The van der Waals surface area contributed by atoms with Crippen LogP contribution in [-0.2, 0) is 0 Å². The molecule has 0 radical (unpaired) electrons. The zero-order chi connectivity index (χ0) is 14.5. The summed E-state index contributed by atoms with van der Waals surface area (Å²) in [6.45, 7) is 12.6. The number of rotatable bonds is 10. The van der Waals surface area contributed by atoms with Crippen molar-refractivity contribution >= 4 is 0 Å². The van der Waals surface area contributed by atoms with Gasteiger partial charge >= 0.3 is 0 Å². The van der Waals surface area contributed by atoms with Gasteiger partial charge in [-0.15, -0.1) is 6.58 Å². The normalized spacial score (nSPS) is 12.4. The van der Waals surface area contributed by atoms with E-state index in [0.717, 1.165) is 6.42 Å². The Bertz CT molecular complexity index is 322. The van der Waals surface area contributed by atoms with Crippen LogP contribution in [0.25, 0.3) is 0 Å². The molecule has 0 saturated heterocycles. The second-order valence-electron chi connectivity index (χ2n) is 5.69. The van der Waals surface area contributed by atoms with Gasteiger partial charge in [0.25, 0.3) is 0 Å². The zero-order valence-electron chi connectivity index (χ0n) is 13.5. The zero-order valence-corrected chi connectivity index (χ0v) is 13.5. The maximum absolute atomic E-state index is 3.74. The molecule has 0 aliphatic carbocycles. The number of unbranched alkanes of at least 4 members (excludes halogenated alkanes) is 2. The summed E-state index contributed by atoms with van der Waals surface area (Å²) in [5.74, 6) is 0. The molecule has 0 heterocycles. The fourth-order valence-corrected chi connectivity index (χ4v) is 1.99. The van der Waals surface area contributed by atoms with Gasteiger partial charge in [0.05, 0.1) is 0 Å². The van der Waals surface area contributed by atoms with Crippen LogP contribution in [0.2, 0.25) is 0 Å². The van der Waals surface area contributed by atoms with Crippen molar-refractivity contribution in [3.05, 3.63) is 47.6 Å². The lowest BCUT2D eigenvalue weighted by Gasteiger charge is -2.02. The Morgan fingerprint density at radius 1 is 0.789 bits per heavy atom. The molecule has 0 bridgehead atoms. The van der Waals surface area contributed by atoms with Crippen molar-refractivity contribution in [2.75, 3.05) is 0 Å². The van der Waals surface area contributed by atoms with Crippen LogP contribution >= 0.6 is 0 Å². The maximum Gasteiger partial charge on any atom is -0.0169 e. The van der Waals surface area contributed by atoms with E-state index in [1.165, 1.54) is 49.7 Å². The molecule has 0 saturated carbocycles. The van der Waals surface area contributed by atoms with Crippen LogP contribution in [0.15, 0.2) is 47.6 Å². The van der Waals surface area contributed by atoms with E-state index < -0.39 is 0 Å². The Labute approximate surface area is 121 Å². The average molecular weight is 260 g/mol. The summed E-state index contributed by atoms with van der Waals surface area (Å²) < 4.78 is 0. The molecular formula is C19H32. The molecule has 0 aromatic heterocycles. The van der Waals surface area contributed by atoms with Gasteiger partial charge in [-0.25, -0.2) is 0 Å². The Kier molecular flexibility index (Phi) is 11.4. The van der Waals surface area contributed by atoms with Gasteiger partial charge in [0.15, 0.2) is 0 Å². The molecule has 0 heteroatoms. The van der Waals surface area contributed by atoms with Crippen LogP contribution in [0.4, 0.5) is 0 Å². The van der Waals surface area contributed by atoms with Gasteiger partial charge in [0, 0.05) is 0 Å². The van der Waals surface area contributed by atoms with Crippen LogP contribution in [0.1, 0.15) is 72.6 Å². The molecule has 0 atom stereocenters. The molecule has 0 fully saturated rings. The highest BCUT2D eigenvalue weighted by Crippen LogP contribution is 2.12. The van der Waals surface area contributed by atoms with Gasteiger partial charge in [-0.3, -0.25) is 0 Å². The van der Waals surface area contributed by atoms with Crippen LogP contribution in [0, 0.1) is 0 Å². The minimum Gasteiger partial charge on any atom is -0.103 e. The first kappa shape index (κ1) is 18.0. The molecule has 0 spiro atoms. The molecule has 0 N–H and O–H groups in total. The van der Waals surface area contributed by atoms with Gasteiger partial charge in [-0.2, -0.15) is 0 Å². The van der Waals surface area contributed by atoms with Crippen LogP contribution in [0.3, 0.4) is 0 Å². The number of allylic oxidation sites excluding steroid dienone is 7. The van der Waals surface area contributed by atoms with Gasteiger partial charge in [-0.1, -0.05) is 41.0 Å². The first-order valence-electron chi connectivity index (χ1n) is 7.61. The molecule has 0 unspecified atom stereocenters. The molecule has 0 nitrogen and oxygen atoms in total. The van der Waals surface area contributed by atoms with Crippen molar-refractivity contribution in [1.82, 2.24) is 0 Å². The SMILES string of the molecule is C=CC/C=C(\C)CCC/C=C(\C)CCCC=C(C)C. The third-order valence-corrected chi connectivity index (χ3v) is 3.23. The summed E-state index contributed by atoms with van der Waals surface area (Å²) in [4.78, 5) is 0. The third-order valence-electron chi connectivity index (χ3n) is 3.23. The highest BCUT2D eigenvalue weighted by molar-refractivity contribution is 5.03. The number of hydrogen-bond acceptors (Lipinski definition) is 0. The Morgan fingerprint density at radius 3 is 1.84 bits per heavy atom. The summed E-state index contributed by atoms with van der Waals surface area (Å²) in [6, 6.07) is 0. The molecule has 0 aromatic rings. The van der Waals surface area contributed by atoms with Crippen LogP contribution in [-0.4, -0.2) is 0 Å². The van der Waals surface area contributed by atoms with Gasteiger partial charge < -0.3 is 0 Å². The fraction of sp³-hybridized carbons (Fsp3) is 0.579. The first-order valence-corrected chi connectivity index (χ1v) is 7.61. The maximum atomic E-state index is 3.74. The highest BCUT2D eigenvalue weighted by Gasteiger charge is 1.92. The van der Waals surface area contributed by atoms with E-state index in [1.54, 1.807) is 5.57 Å². The predicted molar refractivity (Wildman–Crippen MR) is 89.5 cm³/mol. The highest BCUT2D eigenvalue weighted by atomic mass is 14.0. The lowest BCUT2D eigenvalue weighted by Crippen LogP contribution is -1.81. The van der Waals surface area contributed by atoms with E-state index in [1.807, 2.05) is 6.08 Å². The summed E-state index contributed by atoms with van der Waals surface area (Å²) in [5.41, 5.74) is 4.48. The summed E-state index contributed by atoms with van der Waals surface area (Å²) in [7, 11) is 0. The van der Waals surface area contributed by atoms with E-state index >= 15 is 0 Å². The molecule has 0 rings (SSSR count). The van der Waals surface area contributed by atoms with Crippen molar-refractivity contribution in [3.8, 4) is 0 Å². The van der Waals surface area contributed by atoms with Crippen molar-refractivity contribution in [2.45, 2.75) is 72.6 Å². The minimum absolute atomic E-state index is 1.01. The van der Waals surface area contributed by atoms with E-state index in [2.05, 4.69) is 52.5 Å². The molecule has 19 heavy (non-hydrogen) atoms. The second-order valence-corrected chi connectivity index (χ2v) is 5.69. The smallest absolute Gasteiger partial charge is 0.0169 e.